The van der Waals surface area contributed by atoms with Crippen molar-refractivity contribution >= 4 is 0 Å². The molecule has 0 aromatic rings. The van der Waals surface area contributed by atoms with Gasteiger partial charge < -0.3 is 29.2 Å². The molecule has 6 nitrogen and oxygen atoms in total. The van der Waals surface area contributed by atoms with Gasteiger partial charge in [0.15, 0.2) is 11.6 Å². The van der Waals surface area contributed by atoms with Crippen LogP contribution in [0.15, 0.2) is 0 Å². The molecule has 6 heteroatoms. The Bertz CT molecular complexity index is 292. The summed E-state index contributed by atoms with van der Waals surface area (Å²) in [5, 5.41) is 20.6. The lowest BCUT2D eigenvalue weighted by Gasteiger charge is -2.38. The van der Waals surface area contributed by atoms with E-state index in [1.54, 1.807) is 27.7 Å². The van der Waals surface area contributed by atoms with Crippen LogP contribution in [0.3, 0.4) is 0 Å². The van der Waals surface area contributed by atoms with E-state index < -0.39 is 48.2 Å². The predicted molar refractivity (Wildman–Crippen MR) is 59.7 cm³/mol. The number of rotatable bonds is 0. The SMILES string of the molecule is CC1(C)O[C@@H]2[C@@H](O)[C@H]3OC(C)(C)O[C@H]3[C@H](O)[C@H]2O1. The molecule has 18 heavy (non-hydrogen) atoms. The Kier molecular flexibility index (Phi) is 2.59. The van der Waals surface area contributed by atoms with Crippen molar-refractivity contribution in [1.29, 1.82) is 0 Å². The fraction of sp³-hybridized carbons (Fsp3) is 1.00. The molecule has 0 aromatic carbocycles. The van der Waals surface area contributed by atoms with E-state index in [2.05, 4.69) is 0 Å². The van der Waals surface area contributed by atoms with Crippen LogP contribution in [0, 0.1) is 0 Å². The Morgan fingerprint density at radius 3 is 1.06 bits per heavy atom. The van der Waals surface area contributed by atoms with Crippen molar-refractivity contribution in [1.82, 2.24) is 0 Å². The summed E-state index contributed by atoms with van der Waals surface area (Å²) in [5.41, 5.74) is 0. The normalized spacial score (nSPS) is 53.0. The van der Waals surface area contributed by atoms with Crippen molar-refractivity contribution in [3.8, 4) is 0 Å². The Labute approximate surface area is 106 Å². The van der Waals surface area contributed by atoms with E-state index in [1.165, 1.54) is 0 Å². The van der Waals surface area contributed by atoms with Gasteiger partial charge in [-0.3, -0.25) is 0 Å². The minimum absolute atomic E-state index is 0.589. The third kappa shape index (κ3) is 1.79. The molecule has 3 fully saturated rings. The molecule has 0 bridgehead atoms. The van der Waals surface area contributed by atoms with Gasteiger partial charge in [0.1, 0.15) is 36.6 Å². The molecule has 0 unspecified atom stereocenters. The van der Waals surface area contributed by atoms with Gasteiger partial charge >= 0.3 is 0 Å². The molecule has 1 saturated carbocycles. The molecule has 0 radical (unpaired) electrons. The summed E-state index contributed by atoms with van der Waals surface area (Å²) < 4.78 is 22.6. The zero-order valence-electron chi connectivity index (χ0n) is 11.0. The standard InChI is InChI=1S/C12H20O6/c1-11(2)15-7-5(13)9-10(6(14)8(7)16-11)18-12(3,4)17-9/h5-10,13-14H,1-4H3/t5-,6-,7-,8-,9-,10+/m1/s1. The van der Waals surface area contributed by atoms with E-state index in [1.807, 2.05) is 0 Å². The molecule has 0 aromatic heterocycles. The molecular weight excluding hydrogens is 240 g/mol. The van der Waals surface area contributed by atoms with Crippen LogP contribution in [0.4, 0.5) is 0 Å². The van der Waals surface area contributed by atoms with Crippen LogP contribution in [-0.2, 0) is 18.9 Å². The zero-order valence-corrected chi connectivity index (χ0v) is 11.0. The smallest absolute Gasteiger partial charge is 0.164 e. The Hall–Kier alpha value is -0.240. The predicted octanol–water partition coefficient (Wildman–Crippen LogP) is -0.238. The summed E-state index contributed by atoms with van der Waals surface area (Å²) in [6, 6.07) is 0. The van der Waals surface area contributed by atoms with Crippen molar-refractivity contribution in [3.05, 3.63) is 0 Å². The van der Waals surface area contributed by atoms with Gasteiger partial charge in [0.05, 0.1) is 0 Å². The maximum atomic E-state index is 10.3. The minimum atomic E-state index is -0.869. The third-order valence-corrected chi connectivity index (χ3v) is 3.67. The summed E-state index contributed by atoms with van der Waals surface area (Å²) in [6.07, 6.45) is -4.09. The highest BCUT2D eigenvalue weighted by molar-refractivity contribution is 5.07. The molecule has 3 rings (SSSR count). The molecule has 0 spiro atoms. The van der Waals surface area contributed by atoms with Crippen LogP contribution in [0.2, 0.25) is 0 Å². The van der Waals surface area contributed by atoms with Crippen molar-refractivity contribution in [2.75, 3.05) is 0 Å². The van der Waals surface area contributed by atoms with E-state index >= 15 is 0 Å². The molecule has 6 atom stereocenters. The molecule has 104 valence electrons. The van der Waals surface area contributed by atoms with Gasteiger partial charge in [0.25, 0.3) is 0 Å². The molecule has 2 N–H and O–H groups in total. The number of fused-ring (bicyclic) bond motifs is 2. The van der Waals surface area contributed by atoms with Gasteiger partial charge in [-0.25, -0.2) is 0 Å². The van der Waals surface area contributed by atoms with Gasteiger partial charge in [-0.2, -0.15) is 0 Å². The highest BCUT2D eigenvalue weighted by Crippen LogP contribution is 2.43. The van der Waals surface area contributed by atoms with Crippen molar-refractivity contribution in [3.63, 3.8) is 0 Å². The number of aliphatic hydroxyl groups excluding tert-OH is 2. The fourth-order valence-corrected chi connectivity index (χ4v) is 3.06. The summed E-state index contributed by atoms with van der Waals surface area (Å²) in [7, 11) is 0. The van der Waals surface area contributed by atoms with Crippen molar-refractivity contribution in [2.24, 2.45) is 0 Å². The Morgan fingerprint density at radius 1 is 0.611 bits per heavy atom. The second-order valence-corrected chi connectivity index (χ2v) is 6.11. The zero-order chi connectivity index (χ0) is 13.3. The fourth-order valence-electron chi connectivity index (χ4n) is 3.06. The summed E-state index contributed by atoms with van der Waals surface area (Å²) >= 11 is 0. The van der Waals surface area contributed by atoms with Crippen LogP contribution in [0.25, 0.3) is 0 Å². The number of aliphatic hydroxyl groups is 2. The highest BCUT2D eigenvalue weighted by Gasteiger charge is 2.62. The molecule has 2 saturated heterocycles. The lowest BCUT2D eigenvalue weighted by Crippen LogP contribution is -2.61. The average molecular weight is 260 g/mol. The first kappa shape index (κ1) is 12.8. The van der Waals surface area contributed by atoms with Crippen LogP contribution in [0.1, 0.15) is 27.7 Å². The molecule has 2 aliphatic heterocycles. The Morgan fingerprint density at radius 2 is 0.833 bits per heavy atom. The van der Waals surface area contributed by atoms with Crippen molar-refractivity contribution < 1.29 is 29.2 Å². The van der Waals surface area contributed by atoms with E-state index in [0.717, 1.165) is 0 Å². The molecule has 2 heterocycles. The highest BCUT2D eigenvalue weighted by atomic mass is 16.8. The molecule has 3 aliphatic rings. The van der Waals surface area contributed by atoms with Gasteiger partial charge in [-0.1, -0.05) is 0 Å². The van der Waals surface area contributed by atoms with E-state index in [-0.39, 0.29) is 0 Å². The van der Waals surface area contributed by atoms with E-state index in [0.29, 0.717) is 0 Å². The second-order valence-electron chi connectivity index (χ2n) is 6.11. The first-order valence-corrected chi connectivity index (χ1v) is 6.28. The average Bonchev–Trinajstić information content (AvgIpc) is 2.72. The van der Waals surface area contributed by atoms with Crippen molar-refractivity contribution in [2.45, 2.75) is 75.9 Å². The molecule has 0 amide bonds. The number of hydrogen-bond donors (Lipinski definition) is 2. The summed E-state index contributed by atoms with van der Waals surface area (Å²) in [6.45, 7) is 7.02. The van der Waals surface area contributed by atoms with Gasteiger partial charge in [-0.15, -0.1) is 0 Å². The quantitative estimate of drug-likeness (QED) is 0.626. The summed E-state index contributed by atoms with van der Waals surface area (Å²) in [5.74, 6) is -1.63. The summed E-state index contributed by atoms with van der Waals surface area (Å²) in [4.78, 5) is 0. The number of ether oxygens (including phenoxy) is 4. The Balaban J connectivity index is 1.88. The van der Waals surface area contributed by atoms with Crippen LogP contribution < -0.4 is 0 Å². The van der Waals surface area contributed by atoms with Crippen LogP contribution in [-0.4, -0.2) is 58.4 Å². The first-order chi connectivity index (χ1) is 8.20. The van der Waals surface area contributed by atoms with E-state index in [9.17, 15) is 10.2 Å². The lowest BCUT2D eigenvalue weighted by atomic mass is 9.85. The third-order valence-electron chi connectivity index (χ3n) is 3.67. The van der Waals surface area contributed by atoms with Crippen LogP contribution >= 0.6 is 0 Å². The van der Waals surface area contributed by atoms with Gasteiger partial charge in [-0.05, 0) is 27.7 Å². The first-order valence-electron chi connectivity index (χ1n) is 6.28. The molecule has 1 aliphatic carbocycles. The lowest BCUT2D eigenvalue weighted by molar-refractivity contribution is -0.183. The van der Waals surface area contributed by atoms with Gasteiger partial charge in [0.2, 0.25) is 0 Å². The monoisotopic (exact) mass is 260 g/mol. The molecular formula is C12H20O6. The maximum Gasteiger partial charge on any atom is 0.164 e. The van der Waals surface area contributed by atoms with Crippen LogP contribution in [0.5, 0.6) is 0 Å². The van der Waals surface area contributed by atoms with Gasteiger partial charge in [0, 0.05) is 0 Å². The second kappa shape index (κ2) is 3.65. The topological polar surface area (TPSA) is 77.4 Å². The van der Waals surface area contributed by atoms with E-state index in [4.69, 9.17) is 18.9 Å². The largest absolute Gasteiger partial charge is 0.387 e. The minimum Gasteiger partial charge on any atom is -0.387 e. The number of hydrogen-bond acceptors (Lipinski definition) is 6. The maximum absolute atomic E-state index is 10.3.